The van der Waals surface area contributed by atoms with Crippen LogP contribution >= 0.6 is 7.60 Å². The summed E-state index contributed by atoms with van der Waals surface area (Å²) in [4.78, 5) is 21.1. The highest BCUT2D eigenvalue weighted by molar-refractivity contribution is 7.50. The zero-order valence-electron chi connectivity index (χ0n) is 6.64. The van der Waals surface area contributed by atoms with Gasteiger partial charge in [0.05, 0.1) is 11.9 Å². The molecule has 0 saturated heterocycles. The molecule has 0 bridgehead atoms. The average molecular weight is 187 g/mol. The highest BCUT2D eigenvalue weighted by atomic mass is 31.2. The molecule has 0 aliphatic rings. The second-order valence-corrected chi connectivity index (χ2v) is 4.30. The maximum absolute atomic E-state index is 10.5. The third-order valence-corrected chi connectivity index (χ3v) is 2.08. The highest BCUT2D eigenvalue weighted by Crippen LogP contribution is 2.38. The van der Waals surface area contributed by atoms with Gasteiger partial charge in [-0.05, 0) is 18.6 Å². The molecule has 0 amide bonds. The molecule has 0 spiro atoms. The van der Waals surface area contributed by atoms with Crippen molar-refractivity contribution in [3.8, 4) is 0 Å². The lowest BCUT2D eigenvalue weighted by Gasteiger charge is -2.02. The van der Waals surface area contributed by atoms with Crippen molar-refractivity contribution in [1.82, 2.24) is 4.98 Å². The van der Waals surface area contributed by atoms with E-state index in [0.717, 1.165) is 5.56 Å². The lowest BCUT2D eigenvalue weighted by Crippen LogP contribution is -1.90. The summed E-state index contributed by atoms with van der Waals surface area (Å²) in [5.41, 5.74) is 1.40. The van der Waals surface area contributed by atoms with Gasteiger partial charge in [-0.3, -0.25) is 9.55 Å². The predicted molar refractivity (Wildman–Crippen MR) is 44.7 cm³/mol. The summed E-state index contributed by atoms with van der Waals surface area (Å²) in [7, 11) is -3.97. The maximum Gasteiger partial charge on any atom is 0.331 e. The maximum atomic E-state index is 10.5. The first-order chi connectivity index (χ1) is 5.47. The predicted octanol–water partition coefficient (Wildman–Crippen LogP) is 1.07. The fraction of sp³-hybridized carbons (Fsp3) is 0.286. The first-order valence-corrected chi connectivity index (χ1v) is 5.23. The van der Waals surface area contributed by atoms with E-state index in [4.69, 9.17) is 9.79 Å². The van der Waals surface area contributed by atoms with Gasteiger partial charge in [-0.2, -0.15) is 0 Å². The molecule has 0 aliphatic heterocycles. The molecule has 0 fully saturated rings. The Bertz CT molecular complexity index is 303. The Hall–Kier alpha value is -0.700. The van der Waals surface area contributed by atoms with Gasteiger partial charge >= 0.3 is 7.60 Å². The standard InChI is InChI=1S/C7H10NO3P/c1-6-2-3-7(8-4-6)5-12(9,10)11/h2-4H,5H2,1H3,(H2,9,10,11). The van der Waals surface area contributed by atoms with Crippen LogP contribution in [0.15, 0.2) is 18.3 Å². The molecule has 4 nitrogen and oxygen atoms in total. The summed E-state index contributed by atoms with van der Waals surface area (Å²) in [6.45, 7) is 1.87. The first-order valence-electron chi connectivity index (χ1n) is 3.43. The molecule has 0 atom stereocenters. The SMILES string of the molecule is Cc1ccc(CP(=O)(O)O)nc1. The molecule has 0 radical (unpaired) electrons. The molecular weight excluding hydrogens is 177 g/mol. The summed E-state index contributed by atoms with van der Waals surface area (Å²) in [5, 5.41) is 0. The molecule has 1 rings (SSSR count). The third-order valence-electron chi connectivity index (χ3n) is 1.34. The van der Waals surface area contributed by atoms with Crippen LogP contribution in [0.4, 0.5) is 0 Å². The third kappa shape index (κ3) is 3.13. The minimum atomic E-state index is -3.97. The Morgan fingerprint density at radius 1 is 1.50 bits per heavy atom. The number of hydrogen-bond acceptors (Lipinski definition) is 2. The monoisotopic (exact) mass is 187 g/mol. The molecule has 0 saturated carbocycles. The van der Waals surface area contributed by atoms with Crippen LogP contribution in [0.1, 0.15) is 11.3 Å². The lowest BCUT2D eigenvalue weighted by molar-refractivity contribution is 0.371. The van der Waals surface area contributed by atoms with Gasteiger partial charge < -0.3 is 9.79 Å². The van der Waals surface area contributed by atoms with Crippen LogP contribution in [0.2, 0.25) is 0 Å². The van der Waals surface area contributed by atoms with Crippen molar-refractivity contribution in [3.05, 3.63) is 29.6 Å². The number of aryl methyl sites for hydroxylation is 1. The summed E-state index contributed by atoms with van der Waals surface area (Å²) in [6, 6.07) is 3.40. The van der Waals surface area contributed by atoms with Crippen molar-refractivity contribution < 1.29 is 14.4 Å². The van der Waals surface area contributed by atoms with E-state index in [9.17, 15) is 4.57 Å². The van der Waals surface area contributed by atoms with E-state index in [-0.39, 0.29) is 6.16 Å². The Morgan fingerprint density at radius 3 is 2.58 bits per heavy atom. The van der Waals surface area contributed by atoms with E-state index in [2.05, 4.69) is 4.98 Å². The van der Waals surface area contributed by atoms with E-state index < -0.39 is 7.60 Å². The van der Waals surface area contributed by atoms with E-state index in [0.29, 0.717) is 5.69 Å². The molecule has 2 N–H and O–H groups in total. The van der Waals surface area contributed by atoms with Gasteiger partial charge in [0.2, 0.25) is 0 Å². The number of nitrogens with zero attached hydrogens (tertiary/aromatic N) is 1. The van der Waals surface area contributed by atoms with Gasteiger partial charge in [0.15, 0.2) is 0 Å². The van der Waals surface area contributed by atoms with Gasteiger partial charge in [-0.15, -0.1) is 0 Å². The van der Waals surface area contributed by atoms with Crippen molar-refractivity contribution in [3.63, 3.8) is 0 Å². The van der Waals surface area contributed by atoms with Gasteiger partial charge in [0, 0.05) is 6.20 Å². The first kappa shape index (κ1) is 9.39. The van der Waals surface area contributed by atoms with Crippen LogP contribution in [0, 0.1) is 6.92 Å². The quantitative estimate of drug-likeness (QED) is 0.679. The molecule has 0 aromatic carbocycles. The highest BCUT2D eigenvalue weighted by Gasteiger charge is 2.14. The largest absolute Gasteiger partial charge is 0.331 e. The van der Waals surface area contributed by atoms with Crippen molar-refractivity contribution in [1.29, 1.82) is 0 Å². The van der Waals surface area contributed by atoms with Crippen molar-refractivity contribution in [2.75, 3.05) is 0 Å². The van der Waals surface area contributed by atoms with Gasteiger partial charge in [-0.25, -0.2) is 0 Å². The summed E-state index contributed by atoms with van der Waals surface area (Å²) in [6.07, 6.45) is 1.30. The minimum absolute atomic E-state index is 0.284. The Labute approximate surface area is 70.4 Å². The molecule has 1 aromatic heterocycles. The van der Waals surface area contributed by atoms with Crippen LogP contribution in [-0.4, -0.2) is 14.8 Å². The second kappa shape index (κ2) is 3.35. The lowest BCUT2D eigenvalue weighted by atomic mass is 10.3. The fourth-order valence-electron chi connectivity index (χ4n) is 0.803. The Morgan fingerprint density at radius 2 is 2.17 bits per heavy atom. The summed E-state index contributed by atoms with van der Waals surface area (Å²) in [5.74, 6) is 0. The van der Waals surface area contributed by atoms with Crippen molar-refractivity contribution >= 4 is 7.60 Å². The molecule has 0 aliphatic carbocycles. The minimum Gasteiger partial charge on any atom is -0.324 e. The smallest absolute Gasteiger partial charge is 0.324 e. The normalized spacial score (nSPS) is 11.6. The van der Waals surface area contributed by atoms with Crippen LogP contribution in [0.5, 0.6) is 0 Å². The molecule has 1 heterocycles. The number of rotatable bonds is 2. The summed E-state index contributed by atoms with van der Waals surface area (Å²) >= 11 is 0. The zero-order chi connectivity index (χ0) is 9.19. The summed E-state index contributed by atoms with van der Waals surface area (Å²) < 4.78 is 10.5. The van der Waals surface area contributed by atoms with Gasteiger partial charge in [0.25, 0.3) is 0 Å². The van der Waals surface area contributed by atoms with Gasteiger partial charge in [0.1, 0.15) is 0 Å². The van der Waals surface area contributed by atoms with Crippen molar-refractivity contribution in [2.24, 2.45) is 0 Å². The topological polar surface area (TPSA) is 70.4 Å². The van der Waals surface area contributed by atoms with Gasteiger partial charge in [-0.1, -0.05) is 6.07 Å². The number of pyridine rings is 1. The molecule has 12 heavy (non-hydrogen) atoms. The second-order valence-electron chi connectivity index (χ2n) is 2.65. The van der Waals surface area contributed by atoms with E-state index in [1.54, 1.807) is 18.3 Å². The fourth-order valence-corrected chi connectivity index (χ4v) is 1.41. The van der Waals surface area contributed by atoms with E-state index >= 15 is 0 Å². The molecule has 0 unspecified atom stereocenters. The van der Waals surface area contributed by atoms with E-state index in [1.165, 1.54) is 0 Å². The average Bonchev–Trinajstić information content (AvgIpc) is 1.91. The van der Waals surface area contributed by atoms with Crippen LogP contribution < -0.4 is 0 Å². The number of hydrogen-bond donors (Lipinski definition) is 2. The molecule has 5 heteroatoms. The molecule has 66 valence electrons. The van der Waals surface area contributed by atoms with Crippen LogP contribution in [-0.2, 0) is 10.7 Å². The zero-order valence-corrected chi connectivity index (χ0v) is 7.53. The Kier molecular flexibility index (Phi) is 2.62. The molecular formula is C7H10NO3P. The number of aromatic nitrogens is 1. The van der Waals surface area contributed by atoms with Crippen LogP contribution in [0.3, 0.4) is 0 Å². The molecule has 1 aromatic rings. The Balaban J connectivity index is 2.78. The van der Waals surface area contributed by atoms with Crippen molar-refractivity contribution in [2.45, 2.75) is 13.1 Å². The van der Waals surface area contributed by atoms with E-state index in [1.807, 2.05) is 6.92 Å². The van der Waals surface area contributed by atoms with Crippen LogP contribution in [0.25, 0.3) is 0 Å².